The molecular formula is C16H16F2N2O. The van der Waals surface area contributed by atoms with E-state index < -0.39 is 11.6 Å². The SMILES string of the molecule is Fc1cc(F)cc(CN2CCOC(c3ccccn3)C2)c1. The van der Waals surface area contributed by atoms with Crippen LogP contribution in [0.25, 0.3) is 0 Å². The fourth-order valence-corrected chi connectivity index (χ4v) is 2.55. The van der Waals surface area contributed by atoms with Crippen LogP contribution in [-0.4, -0.2) is 29.6 Å². The van der Waals surface area contributed by atoms with Crippen LogP contribution in [-0.2, 0) is 11.3 Å². The predicted octanol–water partition coefficient (Wildman–Crippen LogP) is 2.93. The first kappa shape index (κ1) is 14.1. The molecule has 1 aliphatic heterocycles. The van der Waals surface area contributed by atoms with E-state index >= 15 is 0 Å². The summed E-state index contributed by atoms with van der Waals surface area (Å²) in [6, 6.07) is 9.34. The van der Waals surface area contributed by atoms with Gasteiger partial charge in [-0.15, -0.1) is 0 Å². The summed E-state index contributed by atoms with van der Waals surface area (Å²) in [5.41, 5.74) is 1.52. The molecule has 3 rings (SSSR count). The molecule has 3 nitrogen and oxygen atoms in total. The molecule has 1 aliphatic rings. The molecule has 0 N–H and O–H groups in total. The number of aromatic nitrogens is 1. The average molecular weight is 290 g/mol. The molecule has 1 aromatic carbocycles. The van der Waals surface area contributed by atoms with E-state index in [2.05, 4.69) is 9.88 Å². The van der Waals surface area contributed by atoms with E-state index in [1.54, 1.807) is 6.20 Å². The van der Waals surface area contributed by atoms with Gasteiger partial charge in [0.05, 0.1) is 12.3 Å². The van der Waals surface area contributed by atoms with Gasteiger partial charge in [0.1, 0.15) is 17.7 Å². The summed E-state index contributed by atoms with van der Waals surface area (Å²) in [7, 11) is 0. The molecule has 2 aromatic rings. The summed E-state index contributed by atoms with van der Waals surface area (Å²) in [5.74, 6) is -1.08. The summed E-state index contributed by atoms with van der Waals surface area (Å²) in [5, 5.41) is 0. The van der Waals surface area contributed by atoms with Crippen LogP contribution in [0.2, 0.25) is 0 Å². The topological polar surface area (TPSA) is 25.4 Å². The number of benzene rings is 1. The van der Waals surface area contributed by atoms with Crippen molar-refractivity contribution in [2.45, 2.75) is 12.6 Å². The van der Waals surface area contributed by atoms with Crippen LogP contribution >= 0.6 is 0 Å². The molecule has 1 aromatic heterocycles. The van der Waals surface area contributed by atoms with Gasteiger partial charge in [-0.25, -0.2) is 8.78 Å². The van der Waals surface area contributed by atoms with Gasteiger partial charge in [0.2, 0.25) is 0 Å². The molecule has 0 amide bonds. The van der Waals surface area contributed by atoms with Gasteiger partial charge in [0, 0.05) is 31.9 Å². The molecule has 0 spiro atoms. The quantitative estimate of drug-likeness (QED) is 0.869. The minimum Gasteiger partial charge on any atom is -0.369 e. The third kappa shape index (κ3) is 3.62. The van der Waals surface area contributed by atoms with Crippen LogP contribution in [0.3, 0.4) is 0 Å². The molecule has 0 saturated carbocycles. The van der Waals surface area contributed by atoms with E-state index in [9.17, 15) is 8.78 Å². The summed E-state index contributed by atoms with van der Waals surface area (Å²) in [4.78, 5) is 6.42. The predicted molar refractivity (Wildman–Crippen MR) is 74.6 cm³/mol. The molecule has 110 valence electrons. The number of rotatable bonds is 3. The van der Waals surface area contributed by atoms with E-state index in [-0.39, 0.29) is 6.10 Å². The number of pyridine rings is 1. The van der Waals surface area contributed by atoms with Gasteiger partial charge >= 0.3 is 0 Å². The number of morpholine rings is 1. The second-order valence-electron chi connectivity index (χ2n) is 5.13. The standard InChI is InChI=1S/C16H16F2N2O/c17-13-7-12(8-14(18)9-13)10-20-5-6-21-16(11-20)15-3-1-2-4-19-15/h1-4,7-9,16H,5-6,10-11H2. The van der Waals surface area contributed by atoms with Crippen LogP contribution in [0.15, 0.2) is 42.6 Å². The van der Waals surface area contributed by atoms with Crippen LogP contribution < -0.4 is 0 Å². The minimum absolute atomic E-state index is 0.0987. The molecular weight excluding hydrogens is 274 g/mol. The third-order valence-electron chi connectivity index (χ3n) is 3.50. The van der Waals surface area contributed by atoms with Crippen molar-refractivity contribution in [3.05, 3.63) is 65.5 Å². The van der Waals surface area contributed by atoms with Crippen LogP contribution in [0, 0.1) is 11.6 Å². The molecule has 0 bridgehead atoms. The van der Waals surface area contributed by atoms with Crippen molar-refractivity contribution in [1.82, 2.24) is 9.88 Å². The van der Waals surface area contributed by atoms with Crippen molar-refractivity contribution < 1.29 is 13.5 Å². The molecule has 1 atom stereocenters. The van der Waals surface area contributed by atoms with E-state index in [0.717, 1.165) is 18.3 Å². The highest BCUT2D eigenvalue weighted by molar-refractivity contribution is 5.18. The second-order valence-corrected chi connectivity index (χ2v) is 5.13. The first-order chi connectivity index (χ1) is 10.2. The fourth-order valence-electron chi connectivity index (χ4n) is 2.55. The first-order valence-corrected chi connectivity index (χ1v) is 6.90. The normalized spacial score (nSPS) is 19.6. The van der Waals surface area contributed by atoms with Crippen LogP contribution in [0.1, 0.15) is 17.4 Å². The van der Waals surface area contributed by atoms with Crippen molar-refractivity contribution in [1.29, 1.82) is 0 Å². The zero-order valence-electron chi connectivity index (χ0n) is 11.5. The Labute approximate surface area is 122 Å². The van der Waals surface area contributed by atoms with Gasteiger partial charge in [-0.05, 0) is 29.8 Å². The van der Waals surface area contributed by atoms with E-state index in [4.69, 9.17) is 4.74 Å². The van der Waals surface area contributed by atoms with Crippen molar-refractivity contribution in [3.63, 3.8) is 0 Å². The first-order valence-electron chi connectivity index (χ1n) is 6.90. The van der Waals surface area contributed by atoms with Gasteiger partial charge < -0.3 is 4.74 Å². The Morgan fingerprint density at radius 2 is 2.00 bits per heavy atom. The summed E-state index contributed by atoms with van der Waals surface area (Å²) in [6.07, 6.45) is 1.64. The number of hydrogen-bond donors (Lipinski definition) is 0. The fraction of sp³-hybridized carbons (Fsp3) is 0.312. The maximum Gasteiger partial charge on any atom is 0.126 e. The molecule has 21 heavy (non-hydrogen) atoms. The smallest absolute Gasteiger partial charge is 0.126 e. The van der Waals surface area contributed by atoms with Gasteiger partial charge in [-0.1, -0.05) is 6.07 Å². The number of nitrogens with zero attached hydrogens (tertiary/aromatic N) is 2. The van der Waals surface area contributed by atoms with Gasteiger partial charge in [0.25, 0.3) is 0 Å². The maximum atomic E-state index is 13.2. The summed E-state index contributed by atoms with van der Waals surface area (Å²) in [6.45, 7) is 2.48. The molecule has 1 saturated heterocycles. The highest BCUT2D eigenvalue weighted by Gasteiger charge is 2.23. The average Bonchev–Trinajstić information content (AvgIpc) is 2.47. The van der Waals surface area contributed by atoms with Crippen LogP contribution in [0.4, 0.5) is 8.78 Å². The van der Waals surface area contributed by atoms with Crippen molar-refractivity contribution in [3.8, 4) is 0 Å². The zero-order chi connectivity index (χ0) is 14.7. The number of halogens is 2. The lowest BCUT2D eigenvalue weighted by Gasteiger charge is -2.32. The van der Waals surface area contributed by atoms with E-state index in [1.807, 2.05) is 18.2 Å². The maximum absolute atomic E-state index is 13.2. The lowest BCUT2D eigenvalue weighted by Crippen LogP contribution is -2.38. The van der Waals surface area contributed by atoms with Crippen molar-refractivity contribution >= 4 is 0 Å². The zero-order valence-corrected chi connectivity index (χ0v) is 11.5. The highest BCUT2D eigenvalue weighted by atomic mass is 19.1. The highest BCUT2D eigenvalue weighted by Crippen LogP contribution is 2.21. The van der Waals surface area contributed by atoms with Gasteiger partial charge in [-0.3, -0.25) is 9.88 Å². The van der Waals surface area contributed by atoms with Crippen molar-refractivity contribution in [2.75, 3.05) is 19.7 Å². The Morgan fingerprint density at radius 3 is 2.71 bits per heavy atom. The molecule has 5 heteroatoms. The third-order valence-corrected chi connectivity index (χ3v) is 3.50. The Balaban J connectivity index is 1.69. The lowest BCUT2D eigenvalue weighted by molar-refractivity contribution is -0.0350. The van der Waals surface area contributed by atoms with Gasteiger partial charge in [-0.2, -0.15) is 0 Å². The van der Waals surface area contributed by atoms with E-state index in [1.165, 1.54) is 12.1 Å². The Hall–Kier alpha value is -1.85. The van der Waals surface area contributed by atoms with Crippen LogP contribution in [0.5, 0.6) is 0 Å². The number of hydrogen-bond acceptors (Lipinski definition) is 3. The Morgan fingerprint density at radius 1 is 1.19 bits per heavy atom. The molecule has 1 fully saturated rings. The van der Waals surface area contributed by atoms with E-state index in [0.29, 0.717) is 25.3 Å². The van der Waals surface area contributed by atoms with Crippen molar-refractivity contribution in [2.24, 2.45) is 0 Å². The Kier molecular flexibility index (Phi) is 4.22. The molecule has 1 unspecified atom stereocenters. The summed E-state index contributed by atoms with van der Waals surface area (Å²) < 4.78 is 32.2. The number of ether oxygens (including phenoxy) is 1. The molecule has 2 heterocycles. The molecule has 0 aliphatic carbocycles. The molecule has 0 radical (unpaired) electrons. The van der Waals surface area contributed by atoms with Gasteiger partial charge in [0.15, 0.2) is 0 Å². The summed E-state index contributed by atoms with van der Waals surface area (Å²) >= 11 is 0. The second kappa shape index (κ2) is 6.28. The monoisotopic (exact) mass is 290 g/mol. The largest absolute Gasteiger partial charge is 0.369 e. The minimum atomic E-state index is -0.542. The lowest BCUT2D eigenvalue weighted by atomic mass is 10.1. The Bertz CT molecular complexity index is 586.